The third-order valence-electron chi connectivity index (χ3n) is 2.51. The molecular weight excluding hydrogens is 178 g/mol. The van der Waals surface area contributed by atoms with Crippen LogP contribution in [-0.4, -0.2) is 10.1 Å². The van der Waals surface area contributed by atoms with Crippen molar-refractivity contribution in [1.29, 1.82) is 0 Å². The van der Waals surface area contributed by atoms with Gasteiger partial charge in [-0.2, -0.15) is 4.98 Å². The van der Waals surface area contributed by atoms with Crippen LogP contribution in [0.15, 0.2) is 4.52 Å². The van der Waals surface area contributed by atoms with Crippen molar-refractivity contribution in [3.05, 3.63) is 11.7 Å². The van der Waals surface area contributed by atoms with Gasteiger partial charge in [0, 0.05) is 5.92 Å². The molecule has 2 atom stereocenters. The van der Waals surface area contributed by atoms with E-state index in [0.29, 0.717) is 17.7 Å². The largest absolute Gasteiger partial charge is 0.338 e. The molecule has 0 fully saturated rings. The van der Waals surface area contributed by atoms with Crippen LogP contribution in [0.4, 0.5) is 0 Å². The molecule has 0 saturated carbocycles. The van der Waals surface area contributed by atoms with Crippen LogP contribution in [0.3, 0.4) is 0 Å². The van der Waals surface area contributed by atoms with Crippen molar-refractivity contribution in [3.8, 4) is 0 Å². The Morgan fingerprint density at radius 2 is 2.00 bits per heavy atom. The van der Waals surface area contributed by atoms with Gasteiger partial charge in [-0.25, -0.2) is 0 Å². The molecule has 0 saturated heterocycles. The Balaban J connectivity index is 2.77. The Hall–Kier alpha value is -0.900. The van der Waals surface area contributed by atoms with E-state index in [2.05, 4.69) is 24.0 Å². The van der Waals surface area contributed by atoms with Crippen molar-refractivity contribution >= 4 is 0 Å². The van der Waals surface area contributed by atoms with E-state index in [1.165, 1.54) is 0 Å². The molecule has 0 aliphatic carbocycles. The highest BCUT2D eigenvalue weighted by atomic mass is 16.5. The zero-order chi connectivity index (χ0) is 10.7. The van der Waals surface area contributed by atoms with Crippen LogP contribution in [0.2, 0.25) is 0 Å². The predicted octanol–water partition coefficient (Wildman–Crippen LogP) is 2.24. The van der Waals surface area contributed by atoms with E-state index in [4.69, 9.17) is 10.3 Å². The second-order valence-corrected chi connectivity index (χ2v) is 4.07. The highest BCUT2D eigenvalue weighted by molar-refractivity contribution is 4.97. The summed E-state index contributed by atoms with van der Waals surface area (Å²) in [5, 5.41) is 3.92. The first-order valence-electron chi connectivity index (χ1n) is 5.15. The summed E-state index contributed by atoms with van der Waals surface area (Å²) in [7, 11) is 0. The quantitative estimate of drug-likeness (QED) is 0.803. The minimum Gasteiger partial charge on any atom is -0.338 e. The minimum atomic E-state index is -0.152. The molecule has 4 nitrogen and oxygen atoms in total. The summed E-state index contributed by atoms with van der Waals surface area (Å²) in [6, 6.07) is -0.152. The normalized spacial score (nSPS) is 15.9. The Morgan fingerprint density at radius 1 is 1.36 bits per heavy atom. The Labute approximate surface area is 84.9 Å². The number of hydrogen-bond donors (Lipinski definition) is 1. The first-order valence-corrected chi connectivity index (χ1v) is 5.15. The van der Waals surface area contributed by atoms with Gasteiger partial charge in [0.2, 0.25) is 5.89 Å². The molecule has 0 radical (unpaired) electrons. The molecule has 1 heterocycles. The molecular formula is C10H19N3O. The lowest BCUT2D eigenvalue weighted by Crippen LogP contribution is -2.17. The lowest BCUT2D eigenvalue weighted by atomic mass is 10.1. The van der Waals surface area contributed by atoms with Gasteiger partial charge < -0.3 is 10.3 Å². The van der Waals surface area contributed by atoms with Gasteiger partial charge in [-0.05, 0) is 12.3 Å². The van der Waals surface area contributed by atoms with Crippen molar-refractivity contribution in [3.63, 3.8) is 0 Å². The predicted molar refractivity (Wildman–Crippen MR) is 54.8 cm³/mol. The van der Waals surface area contributed by atoms with E-state index in [1.807, 2.05) is 13.8 Å². The monoisotopic (exact) mass is 197 g/mol. The third kappa shape index (κ3) is 2.32. The highest BCUT2D eigenvalue weighted by Gasteiger charge is 2.19. The maximum absolute atomic E-state index is 5.90. The minimum absolute atomic E-state index is 0.152. The van der Waals surface area contributed by atoms with Gasteiger partial charge in [0.25, 0.3) is 0 Å². The zero-order valence-electron chi connectivity index (χ0n) is 9.32. The van der Waals surface area contributed by atoms with Crippen molar-refractivity contribution < 1.29 is 4.52 Å². The van der Waals surface area contributed by atoms with E-state index >= 15 is 0 Å². The molecule has 0 aliphatic rings. The number of rotatable bonds is 4. The Kier molecular flexibility index (Phi) is 3.63. The number of aromatic nitrogens is 2. The first kappa shape index (κ1) is 11.2. The summed E-state index contributed by atoms with van der Waals surface area (Å²) in [4.78, 5) is 4.30. The number of nitrogens with two attached hydrogens (primary N) is 1. The SMILES string of the molecule is CCC(C)c1noc([C@@H](N)C(C)C)n1. The molecule has 80 valence electrons. The standard InChI is InChI=1S/C10H19N3O/c1-5-7(4)9-12-10(14-13-9)8(11)6(2)3/h6-8H,5,11H2,1-4H3/t7?,8-/m0/s1. The topological polar surface area (TPSA) is 64.9 Å². The zero-order valence-corrected chi connectivity index (χ0v) is 9.32. The maximum atomic E-state index is 5.90. The number of hydrogen-bond acceptors (Lipinski definition) is 4. The van der Waals surface area contributed by atoms with Gasteiger partial charge in [-0.3, -0.25) is 0 Å². The molecule has 4 heteroatoms. The summed E-state index contributed by atoms with van der Waals surface area (Å²) < 4.78 is 5.12. The molecule has 1 unspecified atom stereocenters. The average molecular weight is 197 g/mol. The fourth-order valence-electron chi connectivity index (χ4n) is 1.05. The summed E-state index contributed by atoms with van der Waals surface area (Å²) in [6.07, 6.45) is 1.01. The summed E-state index contributed by atoms with van der Waals surface area (Å²) in [5.41, 5.74) is 5.90. The van der Waals surface area contributed by atoms with Crippen LogP contribution in [0, 0.1) is 5.92 Å². The second-order valence-electron chi connectivity index (χ2n) is 4.07. The molecule has 1 aromatic heterocycles. The Bertz CT molecular complexity index is 283. The highest BCUT2D eigenvalue weighted by Crippen LogP contribution is 2.20. The lowest BCUT2D eigenvalue weighted by Gasteiger charge is -2.09. The molecule has 0 aromatic carbocycles. The molecule has 1 aromatic rings. The third-order valence-corrected chi connectivity index (χ3v) is 2.51. The van der Waals surface area contributed by atoms with Crippen LogP contribution in [0.5, 0.6) is 0 Å². The van der Waals surface area contributed by atoms with Gasteiger partial charge in [0.15, 0.2) is 5.82 Å². The van der Waals surface area contributed by atoms with Gasteiger partial charge >= 0.3 is 0 Å². The summed E-state index contributed by atoms with van der Waals surface area (Å²) >= 11 is 0. The average Bonchev–Trinajstić information content (AvgIpc) is 2.64. The van der Waals surface area contributed by atoms with Crippen molar-refractivity contribution in [2.45, 2.75) is 46.1 Å². The van der Waals surface area contributed by atoms with E-state index in [0.717, 1.165) is 12.2 Å². The van der Waals surface area contributed by atoms with E-state index in [1.54, 1.807) is 0 Å². The van der Waals surface area contributed by atoms with Gasteiger partial charge in [-0.1, -0.05) is 32.9 Å². The van der Waals surface area contributed by atoms with Crippen LogP contribution in [-0.2, 0) is 0 Å². The van der Waals surface area contributed by atoms with Crippen LogP contribution in [0.25, 0.3) is 0 Å². The van der Waals surface area contributed by atoms with E-state index < -0.39 is 0 Å². The molecule has 0 spiro atoms. The summed E-state index contributed by atoms with van der Waals surface area (Å²) in [5.74, 6) is 1.97. The van der Waals surface area contributed by atoms with Gasteiger partial charge in [0.05, 0.1) is 6.04 Å². The van der Waals surface area contributed by atoms with Crippen molar-refractivity contribution in [1.82, 2.24) is 10.1 Å². The van der Waals surface area contributed by atoms with Crippen molar-refractivity contribution in [2.75, 3.05) is 0 Å². The fraction of sp³-hybridized carbons (Fsp3) is 0.800. The van der Waals surface area contributed by atoms with Crippen LogP contribution < -0.4 is 5.73 Å². The smallest absolute Gasteiger partial charge is 0.243 e. The fourth-order valence-corrected chi connectivity index (χ4v) is 1.05. The molecule has 1 rings (SSSR count). The second kappa shape index (κ2) is 4.55. The van der Waals surface area contributed by atoms with E-state index in [9.17, 15) is 0 Å². The Morgan fingerprint density at radius 3 is 2.50 bits per heavy atom. The summed E-state index contributed by atoms with van der Waals surface area (Å²) in [6.45, 7) is 8.26. The van der Waals surface area contributed by atoms with Crippen LogP contribution in [0.1, 0.15) is 57.8 Å². The molecule has 0 bridgehead atoms. The van der Waals surface area contributed by atoms with Gasteiger partial charge in [-0.15, -0.1) is 0 Å². The first-order chi connectivity index (χ1) is 6.56. The number of nitrogens with zero attached hydrogens (tertiary/aromatic N) is 2. The van der Waals surface area contributed by atoms with Crippen molar-refractivity contribution in [2.24, 2.45) is 11.7 Å². The molecule has 14 heavy (non-hydrogen) atoms. The molecule has 2 N–H and O–H groups in total. The molecule has 0 aliphatic heterocycles. The van der Waals surface area contributed by atoms with Gasteiger partial charge in [0.1, 0.15) is 0 Å². The lowest BCUT2D eigenvalue weighted by molar-refractivity contribution is 0.321. The van der Waals surface area contributed by atoms with Crippen LogP contribution >= 0.6 is 0 Å². The van der Waals surface area contributed by atoms with E-state index in [-0.39, 0.29) is 6.04 Å². The molecule has 0 amide bonds. The maximum Gasteiger partial charge on any atom is 0.243 e.